The van der Waals surface area contributed by atoms with Gasteiger partial charge >= 0.3 is 6.09 Å². The van der Waals surface area contributed by atoms with Gasteiger partial charge in [0, 0.05) is 24.7 Å². The normalized spacial score (nSPS) is 24.8. The van der Waals surface area contributed by atoms with Crippen LogP contribution in [0.2, 0.25) is 0 Å². The number of likely N-dealkylation sites (tertiary alicyclic amines) is 1. The van der Waals surface area contributed by atoms with Crippen molar-refractivity contribution >= 4 is 6.09 Å². The predicted molar refractivity (Wildman–Crippen MR) is 87.5 cm³/mol. The summed E-state index contributed by atoms with van der Waals surface area (Å²) in [5.74, 6) is 0. The van der Waals surface area contributed by atoms with E-state index in [1.807, 2.05) is 25.7 Å². The standard InChI is InChI=1S/C17H34N2O2/c1-7-8-10-13(2)18-15-11-9-12-19(14(15)3)16(20)21-17(4,5)6/h13-15,18H,7-12H2,1-6H3. The molecule has 1 aliphatic rings. The summed E-state index contributed by atoms with van der Waals surface area (Å²) in [6, 6.07) is 1.08. The van der Waals surface area contributed by atoms with Gasteiger partial charge in [-0.25, -0.2) is 4.79 Å². The Kier molecular flexibility index (Phi) is 6.98. The fraction of sp³-hybridized carbons (Fsp3) is 0.941. The molecule has 0 radical (unpaired) electrons. The first-order chi connectivity index (χ1) is 9.74. The second kappa shape index (κ2) is 8.02. The van der Waals surface area contributed by atoms with E-state index in [9.17, 15) is 4.79 Å². The summed E-state index contributed by atoms with van der Waals surface area (Å²) in [6.45, 7) is 13.2. The highest BCUT2D eigenvalue weighted by Crippen LogP contribution is 2.21. The van der Waals surface area contributed by atoms with E-state index in [0.717, 1.165) is 19.4 Å². The van der Waals surface area contributed by atoms with E-state index in [1.54, 1.807) is 0 Å². The number of unbranched alkanes of at least 4 members (excludes halogenated alkanes) is 1. The van der Waals surface area contributed by atoms with Crippen molar-refractivity contribution in [2.24, 2.45) is 0 Å². The lowest BCUT2D eigenvalue weighted by molar-refractivity contribution is 0.00636. The monoisotopic (exact) mass is 298 g/mol. The molecule has 4 heteroatoms. The molecule has 0 aromatic rings. The van der Waals surface area contributed by atoms with Gasteiger partial charge in [0.1, 0.15) is 5.60 Å². The van der Waals surface area contributed by atoms with Crippen LogP contribution in [0.3, 0.4) is 0 Å². The van der Waals surface area contributed by atoms with Crippen LogP contribution >= 0.6 is 0 Å². The highest BCUT2D eigenvalue weighted by atomic mass is 16.6. The quantitative estimate of drug-likeness (QED) is 0.836. The van der Waals surface area contributed by atoms with Crippen LogP contribution in [0.4, 0.5) is 4.79 Å². The summed E-state index contributed by atoms with van der Waals surface area (Å²) in [5, 5.41) is 3.70. The molecule has 1 rings (SSSR count). The molecule has 0 aromatic heterocycles. The third-order valence-electron chi connectivity index (χ3n) is 4.11. The van der Waals surface area contributed by atoms with E-state index in [1.165, 1.54) is 19.3 Å². The van der Waals surface area contributed by atoms with E-state index in [2.05, 4.69) is 26.1 Å². The Morgan fingerprint density at radius 1 is 1.43 bits per heavy atom. The van der Waals surface area contributed by atoms with E-state index in [0.29, 0.717) is 12.1 Å². The summed E-state index contributed by atoms with van der Waals surface area (Å²) in [5.41, 5.74) is -0.425. The minimum absolute atomic E-state index is 0.178. The Hall–Kier alpha value is -0.770. The number of carbonyl (C=O) groups excluding carboxylic acids is 1. The molecule has 0 aliphatic carbocycles. The molecule has 1 N–H and O–H groups in total. The summed E-state index contributed by atoms with van der Waals surface area (Å²) in [7, 11) is 0. The molecule has 1 fully saturated rings. The van der Waals surface area contributed by atoms with Crippen LogP contribution in [-0.2, 0) is 4.74 Å². The molecule has 0 bridgehead atoms. The number of nitrogens with one attached hydrogen (secondary N) is 1. The predicted octanol–water partition coefficient (Wildman–Crippen LogP) is 3.94. The van der Waals surface area contributed by atoms with Gasteiger partial charge in [-0.1, -0.05) is 19.8 Å². The minimum Gasteiger partial charge on any atom is -0.444 e. The lowest BCUT2D eigenvalue weighted by Gasteiger charge is -2.41. The van der Waals surface area contributed by atoms with Crippen molar-refractivity contribution in [3.63, 3.8) is 0 Å². The number of carbonyl (C=O) groups is 1. The van der Waals surface area contributed by atoms with Crippen LogP contribution in [0.1, 0.15) is 73.6 Å². The number of hydrogen-bond acceptors (Lipinski definition) is 3. The summed E-state index contributed by atoms with van der Waals surface area (Å²) in [4.78, 5) is 14.2. The smallest absolute Gasteiger partial charge is 0.410 e. The van der Waals surface area contributed by atoms with Gasteiger partial charge in [0.25, 0.3) is 0 Å². The lowest BCUT2D eigenvalue weighted by Crippen LogP contribution is -2.56. The molecule has 3 atom stereocenters. The third kappa shape index (κ3) is 6.25. The van der Waals surface area contributed by atoms with E-state index < -0.39 is 5.60 Å². The molecule has 0 spiro atoms. The van der Waals surface area contributed by atoms with Gasteiger partial charge in [-0.05, 0) is 53.9 Å². The molecule has 3 unspecified atom stereocenters. The van der Waals surface area contributed by atoms with Gasteiger partial charge in [0.2, 0.25) is 0 Å². The summed E-state index contributed by atoms with van der Waals surface area (Å²) >= 11 is 0. The van der Waals surface area contributed by atoms with Gasteiger partial charge < -0.3 is 15.0 Å². The van der Waals surface area contributed by atoms with E-state index in [4.69, 9.17) is 4.74 Å². The number of piperidine rings is 1. The summed E-state index contributed by atoms with van der Waals surface area (Å²) in [6.07, 6.45) is 5.69. The minimum atomic E-state index is -0.425. The molecule has 124 valence electrons. The second-order valence-corrected chi connectivity index (χ2v) is 7.37. The molecule has 0 saturated carbocycles. The molecule has 1 aliphatic heterocycles. The highest BCUT2D eigenvalue weighted by Gasteiger charge is 2.33. The molecule has 4 nitrogen and oxygen atoms in total. The zero-order valence-electron chi connectivity index (χ0n) is 14.7. The van der Waals surface area contributed by atoms with Crippen molar-refractivity contribution in [3.05, 3.63) is 0 Å². The largest absolute Gasteiger partial charge is 0.444 e. The first kappa shape index (κ1) is 18.3. The topological polar surface area (TPSA) is 41.6 Å². The molecule has 1 amide bonds. The number of amides is 1. The van der Waals surface area contributed by atoms with Gasteiger partial charge in [-0.2, -0.15) is 0 Å². The Labute approximate surface area is 130 Å². The maximum atomic E-state index is 12.3. The van der Waals surface area contributed by atoms with E-state index in [-0.39, 0.29) is 12.1 Å². The molecule has 1 heterocycles. The zero-order chi connectivity index (χ0) is 16.0. The third-order valence-corrected chi connectivity index (χ3v) is 4.11. The second-order valence-electron chi connectivity index (χ2n) is 7.37. The SMILES string of the molecule is CCCCC(C)NC1CCCN(C(=O)OC(C)(C)C)C1C. The average Bonchev–Trinajstić information content (AvgIpc) is 2.36. The summed E-state index contributed by atoms with van der Waals surface area (Å²) < 4.78 is 5.53. The van der Waals surface area contributed by atoms with Crippen LogP contribution in [-0.4, -0.2) is 41.3 Å². The Morgan fingerprint density at radius 3 is 2.67 bits per heavy atom. The van der Waals surface area contributed by atoms with Crippen LogP contribution < -0.4 is 5.32 Å². The maximum absolute atomic E-state index is 12.3. The lowest BCUT2D eigenvalue weighted by atomic mass is 9.96. The Morgan fingerprint density at radius 2 is 2.10 bits per heavy atom. The van der Waals surface area contributed by atoms with E-state index >= 15 is 0 Å². The highest BCUT2D eigenvalue weighted by molar-refractivity contribution is 5.68. The molecule has 1 saturated heterocycles. The van der Waals surface area contributed by atoms with Gasteiger partial charge in [0.15, 0.2) is 0 Å². The number of nitrogens with zero attached hydrogens (tertiary/aromatic N) is 1. The Balaban J connectivity index is 2.55. The van der Waals surface area contributed by atoms with Crippen molar-refractivity contribution in [2.45, 2.75) is 97.4 Å². The number of hydrogen-bond donors (Lipinski definition) is 1. The average molecular weight is 298 g/mol. The van der Waals surface area contributed by atoms with Crippen molar-refractivity contribution in [1.82, 2.24) is 10.2 Å². The van der Waals surface area contributed by atoms with Crippen LogP contribution in [0, 0.1) is 0 Å². The molecular weight excluding hydrogens is 264 g/mol. The molecular formula is C17H34N2O2. The molecule has 0 aromatic carbocycles. The Bertz CT molecular complexity index is 325. The van der Waals surface area contributed by atoms with Gasteiger partial charge in [0.05, 0.1) is 0 Å². The molecule has 21 heavy (non-hydrogen) atoms. The zero-order valence-corrected chi connectivity index (χ0v) is 14.7. The number of rotatable bonds is 5. The van der Waals surface area contributed by atoms with Crippen molar-refractivity contribution in [3.8, 4) is 0 Å². The fourth-order valence-electron chi connectivity index (χ4n) is 2.90. The first-order valence-corrected chi connectivity index (χ1v) is 8.50. The van der Waals surface area contributed by atoms with Gasteiger partial charge in [-0.15, -0.1) is 0 Å². The van der Waals surface area contributed by atoms with Crippen LogP contribution in [0.25, 0.3) is 0 Å². The van der Waals surface area contributed by atoms with Crippen molar-refractivity contribution < 1.29 is 9.53 Å². The maximum Gasteiger partial charge on any atom is 0.410 e. The number of ether oxygens (including phenoxy) is 1. The van der Waals surface area contributed by atoms with Gasteiger partial charge in [-0.3, -0.25) is 0 Å². The van der Waals surface area contributed by atoms with Crippen molar-refractivity contribution in [1.29, 1.82) is 0 Å². The van der Waals surface area contributed by atoms with Crippen molar-refractivity contribution in [2.75, 3.05) is 6.54 Å². The van der Waals surface area contributed by atoms with Crippen LogP contribution in [0.5, 0.6) is 0 Å². The first-order valence-electron chi connectivity index (χ1n) is 8.50. The fourth-order valence-corrected chi connectivity index (χ4v) is 2.90. The van der Waals surface area contributed by atoms with Crippen LogP contribution in [0.15, 0.2) is 0 Å².